The zero-order valence-corrected chi connectivity index (χ0v) is 12.9. The van der Waals surface area contributed by atoms with E-state index in [0.29, 0.717) is 11.0 Å². The summed E-state index contributed by atoms with van der Waals surface area (Å²) in [5.74, 6) is -0.625. The third-order valence-corrected chi connectivity index (χ3v) is 3.21. The Kier molecular flexibility index (Phi) is 4.11. The van der Waals surface area contributed by atoms with Crippen LogP contribution in [0.3, 0.4) is 0 Å². The smallest absolute Gasteiger partial charge is 0.319 e. The number of anilines is 1. The molecule has 2 aromatic heterocycles. The summed E-state index contributed by atoms with van der Waals surface area (Å²) in [7, 11) is 2.81. The Hall–Kier alpha value is -3.42. The van der Waals surface area contributed by atoms with Crippen molar-refractivity contribution in [2.24, 2.45) is 0 Å². The van der Waals surface area contributed by atoms with Gasteiger partial charge in [-0.25, -0.2) is 4.98 Å². The molecular weight excluding hydrogens is 314 g/mol. The number of nitrogens with one attached hydrogen (secondary N) is 1. The summed E-state index contributed by atoms with van der Waals surface area (Å²) in [5.41, 5.74) is 0.243. The number of hydrogen-bond acceptors (Lipinski definition) is 7. The van der Waals surface area contributed by atoms with Crippen LogP contribution in [0.1, 0.15) is 10.6 Å². The Morgan fingerprint density at radius 1 is 1.21 bits per heavy atom. The fraction of sp³-hybridized carbons (Fsp3) is 0.125. The summed E-state index contributed by atoms with van der Waals surface area (Å²) < 4.78 is 15.4. The van der Waals surface area contributed by atoms with E-state index in [1.54, 1.807) is 24.3 Å². The number of hydrogen-bond donors (Lipinski definition) is 1. The van der Waals surface area contributed by atoms with Crippen LogP contribution in [0.25, 0.3) is 11.0 Å². The van der Waals surface area contributed by atoms with Crippen LogP contribution in [0.15, 0.2) is 45.7 Å². The highest BCUT2D eigenvalue weighted by Gasteiger charge is 2.16. The van der Waals surface area contributed by atoms with Crippen molar-refractivity contribution in [3.8, 4) is 11.9 Å². The lowest BCUT2D eigenvalue weighted by Crippen LogP contribution is -2.16. The third-order valence-electron chi connectivity index (χ3n) is 3.21. The second-order valence-corrected chi connectivity index (χ2v) is 4.70. The first kappa shape index (κ1) is 15.5. The van der Waals surface area contributed by atoms with Gasteiger partial charge in [-0.05, 0) is 12.1 Å². The topological polar surface area (TPSA) is 104 Å². The van der Waals surface area contributed by atoms with E-state index in [4.69, 9.17) is 13.9 Å². The quantitative estimate of drug-likeness (QED) is 0.780. The maximum atomic E-state index is 12.3. The molecule has 8 nitrogen and oxygen atoms in total. The van der Waals surface area contributed by atoms with E-state index in [-0.39, 0.29) is 28.8 Å². The molecule has 0 spiro atoms. The van der Waals surface area contributed by atoms with Gasteiger partial charge in [-0.1, -0.05) is 12.1 Å². The second-order valence-electron chi connectivity index (χ2n) is 4.70. The Labute approximate surface area is 136 Å². The summed E-state index contributed by atoms with van der Waals surface area (Å²) in [6, 6.07) is 7.91. The first-order valence-corrected chi connectivity index (χ1v) is 6.91. The van der Waals surface area contributed by atoms with Gasteiger partial charge in [-0.3, -0.25) is 9.59 Å². The molecule has 24 heavy (non-hydrogen) atoms. The lowest BCUT2D eigenvalue weighted by atomic mass is 10.2. The fourth-order valence-corrected chi connectivity index (χ4v) is 2.09. The monoisotopic (exact) mass is 327 g/mol. The number of nitrogens with zero attached hydrogens (tertiary/aromatic N) is 2. The second kappa shape index (κ2) is 6.37. The highest BCUT2D eigenvalue weighted by atomic mass is 16.5. The number of aromatic nitrogens is 2. The van der Waals surface area contributed by atoms with E-state index in [2.05, 4.69) is 15.3 Å². The number of amides is 1. The minimum Gasteiger partial charge on any atom is -0.479 e. The summed E-state index contributed by atoms with van der Waals surface area (Å²) >= 11 is 0. The number of methoxy groups -OCH3 is 2. The minimum atomic E-state index is -0.620. The van der Waals surface area contributed by atoms with Crippen LogP contribution in [0.5, 0.6) is 11.9 Å². The molecule has 0 atom stereocenters. The van der Waals surface area contributed by atoms with E-state index in [1.807, 2.05) is 0 Å². The van der Waals surface area contributed by atoms with Gasteiger partial charge in [0.2, 0.25) is 5.88 Å². The van der Waals surface area contributed by atoms with Crippen molar-refractivity contribution in [3.05, 3.63) is 52.5 Å². The number of fused-ring (bicyclic) bond motifs is 1. The van der Waals surface area contributed by atoms with Crippen LogP contribution in [0, 0.1) is 0 Å². The minimum absolute atomic E-state index is 0.0992. The molecule has 2 heterocycles. The van der Waals surface area contributed by atoms with Crippen LogP contribution in [-0.2, 0) is 0 Å². The zero-order valence-electron chi connectivity index (χ0n) is 12.9. The number of carbonyl (C=O) groups excluding carboxylic acids is 1. The average Bonchev–Trinajstić information content (AvgIpc) is 2.62. The molecule has 0 saturated heterocycles. The van der Waals surface area contributed by atoms with Gasteiger partial charge in [-0.15, -0.1) is 0 Å². The molecule has 1 aromatic carbocycles. The molecule has 0 saturated carbocycles. The first-order chi connectivity index (χ1) is 11.6. The predicted octanol–water partition coefficient (Wildman–Crippen LogP) is 1.85. The molecule has 3 aromatic rings. The molecular formula is C16H13N3O5. The van der Waals surface area contributed by atoms with E-state index in [1.165, 1.54) is 20.4 Å². The van der Waals surface area contributed by atoms with Crippen molar-refractivity contribution in [1.29, 1.82) is 0 Å². The molecule has 8 heteroatoms. The Balaban J connectivity index is 1.94. The molecule has 0 bridgehead atoms. The zero-order chi connectivity index (χ0) is 17.1. The van der Waals surface area contributed by atoms with Crippen molar-refractivity contribution in [2.45, 2.75) is 0 Å². The van der Waals surface area contributed by atoms with E-state index >= 15 is 0 Å². The summed E-state index contributed by atoms with van der Waals surface area (Å²) in [6.45, 7) is 0. The SMILES string of the molecule is COc1ncc(NC(=O)c2cc(=O)c3ccccc3o2)c(OC)n1. The largest absolute Gasteiger partial charge is 0.479 e. The molecule has 0 aliphatic carbocycles. The van der Waals surface area contributed by atoms with Crippen LogP contribution >= 0.6 is 0 Å². The Morgan fingerprint density at radius 3 is 2.75 bits per heavy atom. The van der Waals surface area contributed by atoms with E-state index in [9.17, 15) is 9.59 Å². The summed E-state index contributed by atoms with van der Waals surface area (Å²) in [4.78, 5) is 32.3. The van der Waals surface area contributed by atoms with E-state index < -0.39 is 5.91 Å². The van der Waals surface area contributed by atoms with Crippen molar-refractivity contribution in [1.82, 2.24) is 9.97 Å². The van der Waals surface area contributed by atoms with Crippen molar-refractivity contribution in [2.75, 3.05) is 19.5 Å². The first-order valence-electron chi connectivity index (χ1n) is 6.91. The summed E-state index contributed by atoms with van der Waals surface area (Å²) in [6.07, 6.45) is 1.34. The van der Waals surface area contributed by atoms with Crippen LogP contribution in [0.2, 0.25) is 0 Å². The number of ether oxygens (including phenoxy) is 2. The van der Waals surface area contributed by atoms with Gasteiger partial charge in [-0.2, -0.15) is 4.98 Å². The maximum absolute atomic E-state index is 12.3. The normalized spacial score (nSPS) is 10.4. The van der Waals surface area contributed by atoms with Gasteiger partial charge < -0.3 is 19.2 Å². The van der Waals surface area contributed by atoms with Crippen LogP contribution < -0.4 is 20.2 Å². The fourth-order valence-electron chi connectivity index (χ4n) is 2.09. The van der Waals surface area contributed by atoms with Gasteiger partial charge in [0.15, 0.2) is 11.2 Å². The predicted molar refractivity (Wildman–Crippen MR) is 85.6 cm³/mol. The standard InChI is InChI=1S/C16H13N3O5/c1-22-15-10(8-17-16(19-15)23-2)18-14(21)13-7-11(20)9-5-3-4-6-12(9)24-13/h3-8H,1-2H3,(H,18,21). The maximum Gasteiger partial charge on any atom is 0.319 e. The number of rotatable bonds is 4. The van der Waals surface area contributed by atoms with Gasteiger partial charge in [0, 0.05) is 6.07 Å². The lowest BCUT2D eigenvalue weighted by molar-refractivity contribution is 0.0996. The van der Waals surface area contributed by atoms with Crippen LogP contribution in [0.4, 0.5) is 5.69 Å². The number of benzene rings is 1. The van der Waals surface area contributed by atoms with Crippen molar-refractivity contribution < 1.29 is 18.7 Å². The van der Waals surface area contributed by atoms with Gasteiger partial charge in [0.05, 0.1) is 25.8 Å². The highest BCUT2D eigenvalue weighted by Crippen LogP contribution is 2.23. The number of para-hydroxylation sites is 1. The highest BCUT2D eigenvalue weighted by molar-refractivity contribution is 6.03. The molecule has 0 radical (unpaired) electrons. The Bertz CT molecular complexity index is 967. The van der Waals surface area contributed by atoms with Crippen molar-refractivity contribution in [3.63, 3.8) is 0 Å². The molecule has 0 aliphatic heterocycles. The van der Waals surface area contributed by atoms with Crippen LogP contribution in [-0.4, -0.2) is 30.1 Å². The average molecular weight is 327 g/mol. The van der Waals surface area contributed by atoms with E-state index in [0.717, 1.165) is 6.07 Å². The molecule has 3 rings (SSSR count). The molecule has 1 N–H and O–H groups in total. The molecule has 0 fully saturated rings. The Morgan fingerprint density at radius 2 is 2.00 bits per heavy atom. The lowest BCUT2D eigenvalue weighted by Gasteiger charge is -2.09. The van der Waals surface area contributed by atoms with Gasteiger partial charge >= 0.3 is 6.01 Å². The van der Waals surface area contributed by atoms with Crippen molar-refractivity contribution >= 4 is 22.6 Å². The molecule has 122 valence electrons. The van der Waals surface area contributed by atoms with Gasteiger partial charge in [0.25, 0.3) is 5.91 Å². The summed E-state index contributed by atoms with van der Waals surface area (Å²) in [5, 5.41) is 2.95. The molecule has 1 amide bonds. The third kappa shape index (κ3) is 2.89. The molecule has 0 unspecified atom stereocenters. The van der Waals surface area contributed by atoms with Gasteiger partial charge in [0.1, 0.15) is 11.3 Å². The number of carbonyl (C=O) groups is 1. The molecule has 0 aliphatic rings.